The van der Waals surface area contributed by atoms with Crippen molar-refractivity contribution in [3.63, 3.8) is 0 Å². The molecule has 0 spiro atoms. The number of hydrogen-bond donors (Lipinski definition) is 2. The Labute approximate surface area is 206 Å². The highest BCUT2D eigenvalue weighted by molar-refractivity contribution is 5.81. The van der Waals surface area contributed by atoms with E-state index in [1.54, 1.807) is 30.0 Å². The van der Waals surface area contributed by atoms with Gasteiger partial charge in [-0.15, -0.1) is 0 Å². The van der Waals surface area contributed by atoms with E-state index in [1.807, 2.05) is 12.1 Å². The Morgan fingerprint density at radius 1 is 1.36 bits per heavy atom. The highest BCUT2D eigenvalue weighted by atomic mass is 19.4. The minimum Gasteiger partial charge on any atom is -0.381 e. The summed E-state index contributed by atoms with van der Waals surface area (Å²) in [6.07, 6.45) is -1.29. The van der Waals surface area contributed by atoms with Crippen LogP contribution in [0.15, 0.2) is 29.3 Å². The van der Waals surface area contributed by atoms with Crippen LogP contribution in [0.1, 0.15) is 37.3 Å². The van der Waals surface area contributed by atoms with Crippen LogP contribution in [-0.4, -0.2) is 71.4 Å². The zero-order valence-electron chi connectivity index (χ0n) is 20.0. The van der Waals surface area contributed by atoms with Gasteiger partial charge < -0.3 is 19.9 Å². The fourth-order valence-electron chi connectivity index (χ4n) is 4.09. The largest absolute Gasteiger partial charge is 0.423 e. The van der Waals surface area contributed by atoms with Crippen LogP contribution in [-0.2, 0) is 15.7 Å². The lowest BCUT2D eigenvalue weighted by Crippen LogP contribution is -2.49. The van der Waals surface area contributed by atoms with E-state index in [1.165, 1.54) is 6.20 Å². The molecule has 1 unspecified atom stereocenters. The summed E-state index contributed by atoms with van der Waals surface area (Å²) in [4.78, 5) is 32.6. The van der Waals surface area contributed by atoms with Crippen LogP contribution in [0.3, 0.4) is 0 Å². The molecule has 1 aliphatic heterocycles. The Kier molecular flexibility index (Phi) is 8.87. The van der Waals surface area contributed by atoms with E-state index in [0.29, 0.717) is 25.1 Å². The quantitative estimate of drug-likeness (QED) is 0.496. The first kappa shape index (κ1) is 26.9. The number of likely N-dealkylation sites (N-methyl/N-ethyl adjacent to an activating group) is 1. The van der Waals surface area contributed by atoms with Gasteiger partial charge in [-0.25, -0.2) is 10.1 Å². The summed E-state index contributed by atoms with van der Waals surface area (Å²) in [6, 6.07) is 5.58. The number of aromatic nitrogens is 3. The molecule has 13 heteroatoms. The number of carbonyl (C=O) groups is 1. The van der Waals surface area contributed by atoms with Crippen LogP contribution >= 0.6 is 0 Å². The van der Waals surface area contributed by atoms with Crippen molar-refractivity contribution in [2.45, 2.75) is 44.5 Å². The van der Waals surface area contributed by atoms with Crippen molar-refractivity contribution >= 4 is 17.4 Å². The highest BCUT2D eigenvalue weighted by Gasteiger charge is 2.37. The van der Waals surface area contributed by atoms with Gasteiger partial charge in [0.25, 0.3) is 11.5 Å². The maximum atomic E-state index is 13.1. The molecule has 0 bridgehead atoms. The second-order valence-corrected chi connectivity index (χ2v) is 8.36. The van der Waals surface area contributed by atoms with Gasteiger partial charge in [0.05, 0.1) is 24.1 Å². The van der Waals surface area contributed by atoms with E-state index in [4.69, 9.17) is 10.00 Å². The standard InChI is InChI=1S/C23H28F3N7O3/c1-3-18(36-11-8-28-17-14-30-31-21(34)20(17)23(24,25)26)22(35)32(2)16-6-9-33(10-7-16)19-5-4-15(12-27)13-29-19/h4-5,13-14,16,18H,3,6-11H2,1-2H3,(H2,28,31,34). The van der Waals surface area contributed by atoms with Crippen LogP contribution in [0.25, 0.3) is 0 Å². The van der Waals surface area contributed by atoms with Crippen LogP contribution in [0.4, 0.5) is 24.7 Å². The summed E-state index contributed by atoms with van der Waals surface area (Å²) in [5.74, 6) is 0.592. The number of aromatic amines is 1. The number of H-pyrrole nitrogens is 1. The number of pyridine rings is 1. The number of ether oxygens (including phenoxy) is 1. The van der Waals surface area contributed by atoms with Gasteiger partial charge >= 0.3 is 6.18 Å². The molecule has 1 atom stereocenters. The minimum atomic E-state index is -4.84. The van der Waals surface area contributed by atoms with Crippen molar-refractivity contribution in [2.75, 3.05) is 43.5 Å². The molecule has 36 heavy (non-hydrogen) atoms. The van der Waals surface area contributed by atoms with E-state index >= 15 is 0 Å². The fraction of sp³-hybridized carbons (Fsp3) is 0.522. The monoisotopic (exact) mass is 507 g/mol. The van der Waals surface area contributed by atoms with Crippen molar-refractivity contribution in [3.8, 4) is 6.07 Å². The summed E-state index contributed by atoms with van der Waals surface area (Å²) in [7, 11) is 1.73. The van der Waals surface area contributed by atoms with Gasteiger partial charge in [-0.1, -0.05) is 6.92 Å². The number of rotatable bonds is 9. The lowest BCUT2D eigenvalue weighted by Gasteiger charge is -2.38. The van der Waals surface area contributed by atoms with Gasteiger partial charge in [-0.05, 0) is 31.4 Å². The Morgan fingerprint density at radius 2 is 2.08 bits per heavy atom. The average molecular weight is 508 g/mol. The Balaban J connectivity index is 1.49. The van der Waals surface area contributed by atoms with E-state index < -0.39 is 29.1 Å². The molecule has 3 heterocycles. The van der Waals surface area contributed by atoms with Gasteiger partial charge in [0.15, 0.2) is 0 Å². The zero-order chi connectivity index (χ0) is 26.3. The predicted octanol–water partition coefficient (Wildman–Crippen LogP) is 2.39. The number of nitrogens with one attached hydrogen (secondary N) is 2. The molecule has 0 saturated carbocycles. The third kappa shape index (κ3) is 6.51. The van der Waals surface area contributed by atoms with Gasteiger partial charge in [0.2, 0.25) is 0 Å². The molecular weight excluding hydrogens is 479 g/mol. The van der Waals surface area contributed by atoms with Crippen molar-refractivity contribution < 1.29 is 22.7 Å². The Bertz CT molecular complexity index is 1120. The number of nitriles is 1. The third-order valence-electron chi connectivity index (χ3n) is 6.08. The summed E-state index contributed by atoms with van der Waals surface area (Å²) >= 11 is 0. The molecule has 3 rings (SSSR count). The van der Waals surface area contributed by atoms with Crippen molar-refractivity contribution in [3.05, 3.63) is 46.0 Å². The summed E-state index contributed by atoms with van der Waals surface area (Å²) in [5.41, 5.74) is -2.65. The van der Waals surface area contributed by atoms with Crippen LogP contribution in [0, 0.1) is 11.3 Å². The molecule has 1 amide bonds. The molecule has 1 saturated heterocycles. The van der Waals surface area contributed by atoms with Crippen molar-refractivity contribution in [1.82, 2.24) is 20.1 Å². The molecule has 194 valence electrons. The summed E-state index contributed by atoms with van der Waals surface area (Å²) in [6.45, 7) is 3.12. The lowest BCUT2D eigenvalue weighted by atomic mass is 10.0. The SMILES string of the molecule is CCC(OCCNc1cn[nH]c(=O)c1C(F)(F)F)C(=O)N(C)C1CCN(c2ccc(C#N)cn2)CC1. The molecule has 2 aromatic heterocycles. The second kappa shape index (κ2) is 11.9. The minimum absolute atomic E-state index is 0.0133. The first-order valence-corrected chi connectivity index (χ1v) is 11.5. The number of halogens is 3. The molecule has 10 nitrogen and oxygen atoms in total. The fourth-order valence-corrected chi connectivity index (χ4v) is 4.09. The number of piperidine rings is 1. The molecule has 1 aliphatic rings. The van der Waals surface area contributed by atoms with Gasteiger partial charge in [-0.2, -0.15) is 23.5 Å². The zero-order valence-corrected chi connectivity index (χ0v) is 20.0. The van der Waals surface area contributed by atoms with E-state index in [9.17, 15) is 22.8 Å². The molecule has 0 aliphatic carbocycles. The van der Waals surface area contributed by atoms with Crippen LogP contribution in [0.2, 0.25) is 0 Å². The lowest BCUT2D eigenvalue weighted by molar-refractivity contribution is -0.145. The third-order valence-corrected chi connectivity index (χ3v) is 6.08. The topological polar surface area (TPSA) is 127 Å². The molecule has 0 radical (unpaired) electrons. The maximum Gasteiger partial charge on any atom is 0.423 e. The van der Waals surface area contributed by atoms with E-state index in [0.717, 1.165) is 24.9 Å². The van der Waals surface area contributed by atoms with Crippen molar-refractivity contribution in [1.29, 1.82) is 5.26 Å². The Hall–Kier alpha value is -3.66. The number of carbonyl (C=O) groups excluding carboxylic acids is 1. The Morgan fingerprint density at radius 3 is 2.67 bits per heavy atom. The predicted molar refractivity (Wildman–Crippen MR) is 125 cm³/mol. The normalized spacial score (nSPS) is 15.3. The number of alkyl halides is 3. The van der Waals surface area contributed by atoms with E-state index in [-0.39, 0.29) is 25.1 Å². The molecular formula is C23H28F3N7O3. The van der Waals surface area contributed by atoms with E-state index in [2.05, 4.69) is 20.3 Å². The highest BCUT2D eigenvalue weighted by Crippen LogP contribution is 2.31. The maximum absolute atomic E-state index is 13.1. The molecule has 1 fully saturated rings. The smallest absolute Gasteiger partial charge is 0.381 e. The van der Waals surface area contributed by atoms with Crippen LogP contribution in [0.5, 0.6) is 0 Å². The van der Waals surface area contributed by atoms with Crippen molar-refractivity contribution in [2.24, 2.45) is 0 Å². The number of nitrogens with zero attached hydrogens (tertiary/aromatic N) is 5. The second-order valence-electron chi connectivity index (χ2n) is 8.36. The van der Waals surface area contributed by atoms with Gasteiger partial charge in [0, 0.05) is 38.9 Å². The summed E-state index contributed by atoms with van der Waals surface area (Å²) in [5, 5.41) is 16.6. The van der Waals surface area contributed by atoms with Gasteiger partial charge in [-0.3, -0.25) is 9.59 Å². The van der Waals surface area contributed by atoms with Crippen LogP contribution < -0.4 is 15.8 Å². The summed E-state index contributed by atoms with van der Waals surface area (Å²) < 4.78 is 45.1. The first-order valence-electron chi connectivity index (χ1n) is 11.5. The molecule has 2 aromatic rings. The first-order chi connectivity index (χ1) is 17.2. The number of hydrogen-bond acceptors (Lipinski definition) is 8. The van der Waals surface area contributed by atoms with Gasteiger partial charge in [0.1, 0.15) is 23.6 Å². The average Bonchev–Trinajstić information content (AvgIpc) is 2.87. The number of amides is 1. The molecule has 2 N–H and O–H groups in total. The number of anilines is 2. The molecule has 0 aromatic carbocycles.